The van der Waals surface area contributed by atoms with Crippen molar-refractivity contribution < 1.29 is 4.74 Å². The van der Waals surface area contributed by atoms with Gasteiger partial charge in [0.25, 0.3) is 0 Å². The van der Waals surface area contributed by atoms with Crippen LogP contribution < -0.4 is 4.74 Å². The summed E-state index contributed by atoms with van der Waals surface area (Å²) >= 11 is 9.21. The number of hydrogen-bond donors (Lipinski definition) is 0. The van der Waals surface area contributed by atoms with E-state index >= 15 is 0 Å². The smallest absolute Gasteiger partial charge is 0.124 e. The quantitative estimate of drug-likeness (QED) is 0.725. The summed E-state index contributed by atoms with van der Waals surface area (Å²) in [5.74, 6) is 0.810. The second kappa shape index (κ2) is 3.46. The third-order valence-corrected chi connectivity index (χ3v) is 2.33. The molecule has 0 bridgehead atoms. The van der Waals surface area contributed by atoms with Crippen molar-refractivity contribution in [2.75, 3.05) is 7.11 Å². The normalized spacial score (nSPS) is 9.82. The Kier molecular flexibility index (Phi) is 2.79. The van der Waals surface area contributed by atoms with E-state index in [0.29, 0.717) is 0 Å². The molecule has 0 fully saturated rings. The molecule has 0 unspecified atom stereocenters. The summed E-state index contributed by atoms with van der Waals surface area (Å²) < 4.78 is 6.03. The number of methoxy groups -OCH3 is 1. The average Bonchev–Trinajstić information content (AvgIpc) is 1.96. The standard InChI is InChI=1S/C8H8BrClO/c1-5-7(10)3-6(9)4-8(5)11-2/h3-4H,1-2H3. The molecule has 0 aliphatic carbocycles. The Bertz CT molecular complexity index is 273. The number of ether oxygens (including phenoxy) is 1. The lowest BCUT2D eigenvalue weighted by molar-refractivity contribution is 0.411. The second-order valence-electron chi connectivity index (χ2n) is 2.21. The first-order valence-corrected chi connectivity index (χ1v) is 4.32. The van der Waals surface area contributed by atoms with Gasteiger partial charge in [0.2, 0.25) is 0 Å². The molecule has 0 heterocycles. The van der Waals surface area contributed by atoms with Crippen LogP contribution in [-0.2, 0) is 0 Å². The van der Waals surface area contributed by atoms with E-state index in [9.17, 15) is 0 Å². The predicted octanol–water partition coefficient (Wildman–Crippen LogP) is 3.42. The van der Waals surface area contributed by atoms with Gasteiger partial charge in [-0.1, -0.05) is 27.5 Å². The van der Waals surface area contributed by atoms with Gasteiger partial charge in [-0.2, -0.15) is 0 Å². The highest BCUT2D eigenvalue weighted by molar-refractivity contribution is 9.10. The molecule has 11 heavy (non-hydrogen) atoms. The van der Waals surface area contributed by atoms with Gasteiger partial charge in [0.05, 0.1) is 7.11 Å². The fourth-order valence-electron chi connectivity index (χ4n) is 0.834. The summed E-state index contributed by atoms with van der Waals surface area (Å²) in [6, 6.07) is 3.74. The maximum atomic E-state index is 5.89. The highest BCUT2D eigenvalue weighted by atomic mass is 79.9. The maximum absolute atomic E-state index is 5.89. The van der Waals surface area contributed by atoms with E-state index in [1.165, 1.54) is 0 Å². The Hall–Kier alpha value is -0.210. The lowest BCUT2D eigenvalue weighted by Gasteiger charge is -2.05. The SMILES string of the molecule is COc1cc(Br)cc(Cl)c1C. The van der Waals surface area contributed by atoms with Crippen LogP contribution in [0.2, 0.25) is 5.02 Å². The first kappa shape index (κ1) is 8.88. The van der Waals surface area contributed by atoms with E-state index < -0.39 is 0 Å². The fourth-order valence-corrected chi connectivity index (χ4v) is 1.61. The largest absolute Gasteiger partial charge is 0.496 e. The van der Waals surface area contributed by atoms with Gasteiger partial charge in [0.1, 0.15) is 5.75 Å². The molecule has 0 N–H and O–H groups in total. The first-order chi connectivity index (χ1) is 5.15. The minimum absolute atomic E-state index is 0.719. The number of rotatable bonds is 1. The van der Waals surface area contributed by atoms with Crippen LogP contribution in [0.25, 0.3) is 0 Å². The molecular weight excluding hydrogens is 227 g/mol. The van der Waals surface area contributed by atoms with E-state index in [2.05, 4.69) is 15.9 Å². The lowest BCUT2D eigenvalue weighted by Crippen LogP contribution is -1.87. The molecule has 1 nitrogen and oxygen atoms in total. The van der Waals surface area contributed by atoms with Crippen molar-refractivity contribution in [1.29, 1.82) is 0 Å². The highest BCUT2D eigenvalue weighted by Gasteiger charge is 2.03. The van der Waals surface area contributed by atoms with Crippen molar-refractivity contribution in [3.05, 3.63) is 27.2 Å². The molecule has 60 valence electrons. The molecule has 1 aromatic rings. The van der Waals surface area contributed by atoms with Gasteiger partial charge < -0.3 is 4.74 Å². The summed E-state index contributed by atoms with van der Waals surface area (Å²) in [6.07, 6.45) is 0. The molecule has 0 atom stereocenters. The third-order valence-electron chi connectivity index (χ3n) is 1.48. The van der Waals surface area contributed by atoms with E-state index in [4.69, 9.17) is 16.3 Å². The van der Waals surface area contributed by atoms with E-state index in [0.717, 1.165) is 20.8 Å². The minimum Gasteiger partial charge on any atom is -0.496 e. The molecule has 0 saturated carbocycles. The summed E-state index contributed by atoms with van der Waals surface area (Å²) in [4.78, 5) is 0. The fraction of sp³-hybridized carbons (Fsp3) is 0.250. The van der Waals surface area contributed by atoms with Gasteiger partial charge in [0.15, 0.2) is 0 Å². The van der Waals surface area contributed by atoms with Crippen LogP contribution in [0.4, 0.5) is 0 Å². The van der Waals surface area contributed by atoms with Crippen molar-refractivity contribution in [2.24, 2.45) is 0 Å². The van der Waals surface area contributed by atoms with Gasteiger partial charge in [-0.15, -0.1) is 0 Å². The average molecular weight is 236 g/mol. The Balaban J connectivity index is 3.24. The van der Waals surface area contributed by atoms with Gasteiger partial charge in [-0.3, -0.25) is 0 Å². The van der Waals surface area contributed by atoms with Crippen molar-refractivity contribution in [3.63, 3.8) is 0 Å². The molecule has 0 aliphatic heterocycles. The number of benzene rings is 1. The molecule has 0 amide bonds. The summed E-state index contributed by atoms with van der Waals surface area (Å²) in [5, 5.41) is 0.719. The van der Waals surface area contributed by atoms with Crippen molar-refractivity contribution in [1.82, 2.24) is 0 Å². The van der Waals surface area contributed by atoms with Crippen LogP contribution in [0, 0.1) is 6.92 Å². The number of halogens is 2. The van der Waals surface area contributed by atoms with Crippen LogP contribution in [0.3, 0.4) is 0 Å². The van der Waals surface area contributed by atoms with Crippen LogP contribution >= 0.6 is 27.5 Å². The zero-order chi connectivity index (χ0) is 8.43. The Morgan fingerprint density at radius 1 is 1.45 bits per heavy atom. The second-order valence-corrected chi connectivity index (χ2v) is 3.54. The van der Waals surface area contributed by atoms with Crippen molar-refractivity contribution in [2.45, 2.75) is 6.92 Å². The maximum Gasteiger partial charge on any atom is 0.124 e. The van der Waals surface area contributed by atoms with Crippen LogP contribution in [0.5, 0.6) is 5.75 Å². The Labute approximate surface area is 79.4 Å². The molecule has 3 heteroatoms. The summed E-state index contributed by atoms with van der Waals surface area (Å²) in [6.45, 7) is 1.92. The molecule has 1 aromatic carbocycles. The van der Waals surface area contributed by atoms with Crippen LogP contribution in [-0.4, -0.2) is 7.11 Å². The molecule has 0 saturated heterocycles. The van der Waals surface area contributed by atoms with Crippen LogP contribution in [0.1, 0.15) is 5.56 Å². The summed E-state index contributed by atoms with van der Waals surface area (Å²) in [5.41, 5.74) is 0.970. The van der Waals surface area contributed by atoms with E-state index in [-0.39, 0.29) is 0 Å². The van der Waals surface area contributed by atoms with E-state index in [1.54, 1.807) is 7.11 Å². The first-order valence-electron chi connectivity index (χ1n) is 3.15. The molecule has 1 rings (SSSR count). The van der Waals surface area contributed by atoms with Gasteiger partial charge in [0, 0.05) is 15.1 Å². The Morgan fingerprint density at radius 3 is 2.64 bits per heavy atom. The van der Waals surface area contributed by atoms with Crippen molar-refractivity contribution >= 4 is 27.5 Å². The molecule has 0 aromatic heterocycles. The monoisotopic (exact) mass is 234 g/mol. The molecule has 0 aliphatic rings. The molecule has 0 radical (unpaired) electrons. The zero-order valence-corrected chi connectivity index (χ0v) is 8.66. The van der Waals surface area contributed by atoms with Crippen LogP contribution in [0.15, 0.2) is 16.6 Å². The zero-order valence-electron chi connectivity index (χ0n) is 6.32. The van der Waals surface area contributed by atoms with Crippen molar-refractivity contribution in [3.8, 4) is 5.75 Å². The highest BCUT2D eigenvalue weighted by Crippen LogP contribution is 2.29. The minimum atomic E-state index is 0.719. The van der Waals surface area contributed by atoms with Gasteiger partial charge in [-0.05, 0) is 19.1 Å². The predicted molar refractivity (Wildman–Crippen MR) is 50.4 cm³/mol. The van der Waals surface area contributed by atoms with E-state index in [1.807, 2.05) is 19.1 Å². The lowest BCUT2D eigenvalue weighted by atomic mass is 10.2. The number of hydrogen-bond acceptors (Lipinski definition) is 1. The Morgan fingerprint density at radius 2 is 2.09 bits per heavy atom. The summed E-state index contributed by atoms with van der Waals surface area (Å²) in [7, 11) is 1.63. The topological polar surface area (TPSA) is 9.23 Å². The molecular formula is C8H8BrClO. The van der Waals surface area contributed by atoms with Gasteiger partial charge in [-0.25, -0.2) is 0 Å². The third kappa shape index (κ3) is 1.88. The van der Waals surface area contributed by atoms with Gasteiger partial charge >= 0.3 is 0 Å². The molecule has 0 spiro atoms.